The summed E-state index contributed by atoms with van der Waals surface area (Å²) in [5.41, 5.74) is 7.73. The standard InChI is InChI=1S/C15H23NO2S.C12H16O2S.C12H16S.C11H15NO2S/c1-6-12(7-2)13-10-8-9-11-14(13)19(17,18)16-15(3,4)5;1-4-10(5-2)11-8-6-7-9-12(11)15(3,13)14;1-4-10(5-2)11-8-6-7-9-12(11)13-3;1-3-9(4-2)10-7-5-6-8-11(10)15(12,13)14/h6,8-11,16H,7H2,1-5H3;4,6-9H,5H2,1-3H3;4,6-9H,5H2,1-3H3;3,5-8H,4H2,1-2H3,(H2,12,13,14)/b12-6+;2*10-4+;9-3+. The van der Waals surface area contributed by atoms with E-state index in [-0.39, 0.29) is 4.90 Å². The first-order valence-corrected chi connectivity index (χ1v) is 27.0. The number of benzene rings is 4. The fraction of sp³-hybridized carbons (Fsp3) is 0.360. The predicted molar refractivity (Wildman–Crippen MR) is 268 cm³/mol. The van der Waals surface area contributed by atoms with Gasteiger partial charge in [0.25, 0.3) is 0 Å². The molecule has 0 aliphatic rings. The summed E-state index contributed by atoms with van der Waals surface area (Å²) >= 11 is 1.81. The Bertz CT molecular complexity index is 2420. The van der Waals surface area contributed by atoms with Gasteiger partial charge in [-0.2, -0.15) is 0 Å². The Morgan fingerprint density at radius 3 is 1.18 bits per heavy atom. The van der Waals surface area contributed by atoms with E-state index >= 15 is 0 Å². The van der Waals surface area contributed by atoms with Crippen LogP contribution in [0.15, 0.2) is 141 Å². The lowest BCUT2D eigenvalue weighted by molar-refractivity contribution is 0.491. The van der Waals surface area contributed by atoms with Crippen molar-refractivity contribution < 1.29 is 25.3 Å². The molecule has 0 fully saturated rings. The summed E-state index contributed by atoms with van der Waals surface area (Å²) < 4.78 is 73.4. The van der Waals surface area contributed by atoms with Crippen LogP contribution in [0.1, 0.15) is 124 Å². The third-order valence-electron chi connectivity index (χ3n) is 9.51. The zero-order valence-electron chi connectivity index (χ0n) is 39.0. The molecule has 0 aliphatic heterocycles. The zero-order valence-corrected chi connectivity index (χ0v) is 42.3. The number of primary sulfonamides is 1. The molecule has 62 heavy (non-hydrogen) atoms. The Morgan fingerprint density at radius 2 is 0.839 bits per heavy atom. The van der Waals surface area contributed by atoms with Gasteiger partial charge in [-0.25, -0.2) is 35.1 Å². The van der Waals surface area contributed by atoms with Gasteiger partial charge in [-0.3, -0.25) is 0 Å². The van der Waals surface area contributed by atoms with Gasteiger partial charge in [0.1, 0.15) is 0 Å². The van der Waals surface area contributed by atoms with Gasteiger partial charge in [0.2, 0.25) is 20.0 Å². The molecule has 3 N–H and O–H groups in total. The molecule has 4 aromatic carbocycles. The van der Waals surface area contributed by atoms with Gasteiger partial charge in [0.15, 0.2) is 9.84 Å². The fourth-order valence-corrected chi connectivity index (χ4v) is 10.6. The summed E-state index contributed by atoms with van der Waals surface area (Å²) in [7, 11) is -10.3. The second-order valence-corrected chi connectivity index (χ2v) is 21.0. The molecule has 0 bridgehead atoms. The number of sulfone groups is 1. The SMILES string of the molecule is C/C=C(\CC)c1ccccc1S(=O)(=O)NC(C)(C)C.C/C=C(\CC)c1ccccc1S(C)(=O)=O.C/C=C(\CC)c1ccccc1S(N)(=O)=O.C/C=C(\CC)c1ccccc1SC. The third kappa shape index (κ3) is 17.6. The highest BCUT2D eigenvalue weighted by Crippen LogP contribution is 2.29. The maximum absolute atomic E-state index is 12.5. The van der Waals surface area contributed by atoms with Crippen LogP contribution in [-0.4, -0.2) is 43.3 Å². The van der Waals surface area contributed by atoms with Gasteiger partial charge in [-0.05, 0) is 149 Å². The van der Waals surface area contributed by atoms with Gasteiger partial charge in [0.05, 0.1) is 14.7 Å². The quantitative estimate of drug-likeness (QED) is 0.127. The lowest BCUT2D eigenvalue weighted by Crippen LogP contribution is -2.40. The second kappa shape index (κ2) is 26.6. The Morgan fingerprint density at radius 1 is 0.532 bits per heavy atom. The number of allylic oxidation sites excluding steroid dienone is 8. The molecule has 0 saturated heterocycles. The number of nitrogens with two attached hydrogens (primary N) is 1. The van der Waals surface area contributed by atoms with E-state index in [0.29, 0.717) is 15.4 Å². The number of hydrogen-bond donors (Lipinski definition) is 2. The van der Waals surface area contributed by atoms with Crippen molar-refractivity contribution >= 4 is 63.9 Å². The zero-order chi connectivity index (χ0) is 47.3. The summed E-state index contributed by atoms with van der Waals surface area (Å²) in [5, 5.41) is 5.15. The highest BCUT2D eigenvalue weighted by molar-refractivity contribution is 7.98. The molecule has 0 heterocycles. The first-order valence-electron chi connectivity index (χ1n) is 20.8. The maximum Gasteiger partial charge on any atom is 0.241 e. The van der Waals surface area contributed by atoms with Crippen LogP contribution in [0.5, 0.6) is 0 Å². The molecule has 0 amide bonds. The lowest BCUT2D eigenvalue weighted by Gasteiger charge is -2.22. The van der Waals surface area contributed by atoms with E-state index in [1.807, 2.05) is 123 Å². The predicted octanol–water partition coefficient (Wildman–Crippen LogP) is 12.8. The van der Waals surface area contributed by atoms with Crippen molar-refractivity contribution in [3.8, 4) is 0 Å². The first kappa shape index (κ1) is 56.0. The molecule has 12 heteroatoms. The molecule has 0 saturated carbocycles. The molecule has 0 radical (unpaired) electrons. The minimum absolute atomic E-state index is 0.194. The Balaban J connectivity index is 0.000000417. The molecule has 4 rings (SSSR count). The molecular formula is C50H70N2O6S4. The van der Waals surface area contributed by atoms with Crippen LogP contribution in [0, 0.1) is 0 Å². The fourth-order valence-electron chi connectivity index (χ4n) is 6.57. The van der Waals surface area contributed by atoms with E-state index in [1.54, 1.807) is 36.4 Å². The third-order valence-corrected chi connectivity index (χ3v) is 14.2. The van der Waals surface area contributed by atoms with E-state index in [4.69, 9.17) is 5.14 Å². The van der Waals surface area contributed by atoms with Gasteiger partial charge in [-0.1, -0.05) is 125 Å². The number of thioether (sulfide) groups is 1. The normalized spacial score (nSPS) is 12.9. The highest BCUT2D eigenvalue weighted by Gasteiger charge is 2.25. The smallest absolute Gasteiger partial charge is 0.225 e. The maximum atomic E-state index is 12.5. The lowest BCUT2D eigenvalue weighted by atomic mass is 10.0. The number of rotatable bonds is 13. The summed E-state index contributed by atoms with van der Waals surface area (Å²) in [6.07, 6.45) is 14.9. The first-order chi connectivity index (χ1) is 29.0. The molecule has 0 spiro atoms. The molecule has 0 aromatic heterocycles. The molecular weight excluding hydrogens is 853 g/mol. The largest absolute Gasteiger partial charge is 0.241 e. The van der Waals surface area contributed by atoms with Crippen LogP contribution in [0.3, 0.4) is 0 Å². The summed E-state index contributed by atoms with van der Waals surface area (Å²) in [5.74, 6) is 0. The average Bonchev–Trinajstić information content (AvgIpc) is 3.22. The molecule has 340 valence electrons. The minimum atomic E-state index is -3.64. The number of hydrogen-bond acceptors (Lipinski definition) is 7. The van der Waals surface area contributed by atoms with E-state index < -0.39 is 35.4 Å². The Labute approximate surface area is 380 Å². The summed E-state index contributed by atoms with van der Waals surface area (Å²) in [6, 6.07) is 29.6. The van der Waals surface area contributed by atoms with Crippen LogP contribution >= 0.6 is 11.8 Å². The Kier molecular flexibility index (Phi) is 24.0. The van der Waals surface area contributed by atoms with Crippen LogP contribution in [0.25, 0.3) is 22.3 Å². The average molecular weight is 923 g/mol. The monoisotopic (exact) mass is 922 g/mol. The van der Waals surface area contributed by atoms with Crippen molar-refractivity contribution in [2.75, 3.05) is 12.5 Å². The van der Waals surface area contributed by atoms with Crippen molar-refractivity contribution in [1.82, 2.24) is 4.72 Å². The van der Waals surface area contributed by atoms with Gasteiger partial charge < -0.3 is 0 Å². The van der Waals surface area contributed by atoms with E-state index in [9.17, 15) is 25.3 Å². The number of sulfonamides is 2. The van der Waals surface area contributed by atoms with Crippen LogP contribution < -0.4 is 9.86 Å². The van der Waals surface area contributed by atoms with Crippen molar-refractivity contribution in [3.05, 3.63) is 144 Å². The van der Waals surface area contributed by atoms with E-state index in [2.05, 4.69) is 55.2 Å². The van der Waals surface area contributed by atoms with Crippen LogP contribution in [0.4, 0.5) is 0 Å². The highest BCUT2D eigenvalue weighted by atomic mass is 32.2. The van der Waals surface area contributed by atoms with E-state index in [1.165, 1.54) is 28.4 Å². The summed E-state index contributed by atoms with van der Waals surface area (Å²) in [6.45, 7) is 21.6. The van der Waals surface area contributed by atoms with Gasteiger partial charge in [-0.15, -0.1) is 11.8 Å². The van der Waals surface area contributed by atoms with Crippen LogP contribution in [0.2, 0.25) is 0 Å². The van der Waals surface area contributed by atoms with Gasteiger partial charge >= 0.3 is 0 Å². The van der Waals surface area contributed by atoms with E-state index in [0.717, 1.165) is 53.5 Å². The summed E-state index contributed by atoms with van der Waals surface area (Å²) in [4.78, 5) is 2.33. The minimum Gasteiger partial charge on any atom is -0.225 e. The van der Waals surface area contributed by atoms with Gasteiger partial charge in [0, 0.05) is 16.7 Å². The molecule has 4 aromatic rings. The number of nitrogens with one attached hydrogen (secondary N) is 1. The second-order valence-electron chi connectivity index (χ2n) is 15.0. The van der Waals surface area contributed by atoms with Crippen molar-refractivity contribution in [2.45, 2.75) is 127 Å². The van der Waals surface area contributed by atoms with Crippen molar-refractivity contribution in [3.63, 3.8) is 0 Å². The topological polar surface area (TPSA) is 140 Å². The van der Waals surface area contributed by atoms with Crippen LogP contribution in [-0.2, 0) is 29.9 Å². The van der Waals surface area contributed by atoms with Crippen molar-refractivity contribution in [2.24, 2.45) is 5.14 Å². The molecule has 0 aliphatic carbocycles. The molecule has 0 atom stereocenters. The Hall–Kier alpha value is -4.04. The molecule has 0 unspecified atom stereocenters. The van der Waals surface area contributed by atoms with Crippen molar-refractivity contribution in [1.29, 1.82) is 0 Å². The molecule has 8 nitrogen and oxygen atoms in total.